The highest BCUT2D eigenvalue weighted by molar-refractivity contribution is 5.97. The Kier molecular flexibility index (Phi) is 6.34. The van der Waals surface area contributed by atoms with Gasteiger partial charge in [0, 0.05) is 37.4 Å². The third kappa shape index (κ3) is 4.75. The van der Waals surface area contributed by atoms with Crippen LogP contribution in [0.2, 0.25) is 0 Å². The first kappa shape index (κ1) is 23.8. The van der Waals surface area contributed by atoms with Gasteiger partial charge in [-0.05, 0) is 57.1 Å². The van der Waals surface area contributed by atoms with Crippen LogP contribution in [0.4, 0.5) is 17.3 Å². The minimum atomic E-state index is -0.663. The van der Waals surface area contributed by atoms with E-state index >= 15 is 0 Å². The van der Waals surface area contributed by atoms with Gasteiger partial charge in [-0.25, -0.2) is 9.97 Å². The molecular formula is C26H32N8O2. The van der Waals surface area contributed by atoms with E-state index in [1.807, 2.05) is 38.4 Å². The fourth-order valence-electron chi connectivity index (χ4n) is 5.00. The number of carbonyl (C=O) groups is 2. The molecular weight excluding hydrogens is 456 g/mol. The molecule has 1 saturated carbocycles. The number of aromatic nitrogens is 4. The van der Waals surface area contributed by atoms with E-state index in [0.29, 0.717) is 11.7 Å². The molecule has 1 aliphatic carbocycles. The molecule has 36 heavy (non-hydrogen) atoms. The third-order valence-corrected chi connectivity index (χ3v) is 7.08. The van der Waals surface area contributed by atoms with Gasteiger partial charge in [0.15, 0.2) is 11.5 Å². The lowest BCUT2D eigenvalue weighted by Crippen LogP contribution is -2.54. The van der Waals surface area contributed by atoms with E-state index in [1.165, 1.54) is 0 Å². The second-order valence-corrected chi connectivity index (χ2v) is 9.73. The van der Waals surface area contributed by atoms with Gasteiger partial charge < -0.3 is 21.3 Å². The summed E-state index contributed by atoms with van der Waals surface area (Å²) in [6.45, 7) is 4.71. The zero-order valence-electron chi connectivity index (χ0n) is 20.9. The first-order chi connectivity index (χ1) is 17.3. The van der Waals surface area contributed by atoms with Crippen LogP contribution in [0.25, 0.3) is 0 Å². The average Bonchev–Trinajstić information content (AvgIpc) is 3.65. The summed E-state index contributed by atoms with van der Waals surface area (Å²) >= 11 is 0. The summed E-state index contributed by atoms with van der Waals surface area (Å²) in [5.41, 5.74) is 9.04. The number of rotatable bonds is 7. The number of anilines is 3. The first-order valence-corrected chi connectivity index (χ1v) is 12.4. The van der Waals surface area contributed by atoms with Crippen LogP contribution in [-0.4, -0.2) is 50.2 Å². The molecule has 10 nitrogen and oxygen atoms in total. The van der Waals surface area contributed by atoms with Gasteiger partial charge in [-0.1, -0.05) is 18.2 Å². The summed E-state index contributed by atoms with van der Waals surface area (Å²) in [5.74, 6) is 0.715. The number of hydrogen-bond acceptors (Lipinski definition) is 7. The standard InChI is InChI=1S/C26H32N8O2/c1-15-21(14-33(3)32-15)29-25-23(24(27)35)28-13-22(31-25)34-12-6-9-20(16(34)2)30-26(36)19-8-5-4-7-18(19)17-10-11-17/h4-5,7-8,13-14,16-17,20H,6,9-12H2,1-3H3,(H2,27,35)(H,29,31)(H,30,36)/t16-,20-/m1/s1. The second-order valence-electron chi connectivity index (χ2n) is 9.73. The van der Waals surface area contributed by atoms with Crippen LogP contribution in [-0.2, 0) is 7.05 Å². The van der Waals surface area contributed by atoms with Gasteiger partial charge >= 0.3 is 0 Å². The van der Waals surface area contributed by atoms with Crippen LogP contribution in [0.15, 0.2) is 36.7 Å². The monoisotopic (exact) mass is 488 g/mol. The van der Waals surface area contributed by atoms with Gasteiger partial charge in [0.25, 0.3) is 11.8 Å². The van der Waals surface area contributed by atoms with E-state index in [-0.39, 0.29) is 29.5 Å². The number of nitrogens with two attached hydrogens (primary N) is 1. The molecule has 0 unspecified atom stereocenters. The van der Waals surface area contributed by atoms with Crippen LogP contribution < -0.4 is 21.3 Å². The number of carbonyl (C=O) groups excluding carboxylic acids is 2. The zero-order chi connectivity index (χ0) is 25.4. The van der Waals surface area contributed by atoms with E-state index in [9.17, 15) is 9.59 Å². The number of hydrogen-bond donors (Lipinski definition) is 3. The molecule has 3 aromatic rings. The molecule has 2 aromatic heterocycles. The minimum Gasteiger partial charge on any atom is -0.364 e. The Balaban J connectivity index is 1.37. The molecule has 4 N–H and O–H groups in total. The molecule has 1 aromatic carbocycles. The van der Waals surface area contributed by atoms with Crippen LogP contribution in [0.3, 0.4) is 0 Å². The summed E-state index contributed by atoms with van der Waals surface area (Å²) in [6, 6.07) is 7.84. The van der Waals surface area contributed by atoms with Gasteiger partial charge in [-0.3, -0.25) is 14.3 Å². The maximum atomic E-state index is 13.2. The molecule has 188 valence electrons. The fraction of sp³-hybridized carbons (Fsp3) is 0.423. The Morgan fingerprint density at radius 2 is 1.94 bits per heavy atom. The lowest BCUT2D eigenvalue weighted by atomic mass is 9.96. The predicted molar refractivity (Wildman–Crippen MR) is 137 cm³/mol. The Morgan fingerprint density at radius 3 is 2.64 bits per heavy atom. The van der Waals surface area contributed by atoms with E-state index < -0.39 is 5.91 Å². The van der Waals surface area contributed by atoms with Crippen molar-refractivity contribution in [1.29, 1.82) is 0 Å². The van der Waals surface area contributed by atoms with Gasteiger partial charge in [0.05, 0.1) is 17.6 Å². The first-order valence-electron chi connectivity index (χ1n) is 12.4. The molecule has 2 atom stereocenters. The van der Waals surface area contributed by atoms with Crippen molar-refractivity contribution in [3.05, 3.63) is 59.2 Å². The van der Waals surface area contributed by atoms with E-state index in [1.54, 1.807) is 10.9 Å². The largest absolute Gasteiger partial charge is 0.364 e. The minimum absolute atomic E-state index is 0.0162. The highest BCUT2D eigenvalue weighted by Gasteiger charge is 2.33. The van der Waals surface area contributed by atoms with Crippen LogP contribution in [0.5, 0.6) is 0 Å². The average molecular weight is 489 g/mol. The van der Waals surface area contributed by atoms with Crippen molar-refractivity contribution in [1.82, 2.24) is 25.1 Å². The molecule has 10 heteroatoms. The number of piperidine rings is 1. The molecule has 0 spiro atoms. The maximum Gasteiger partial charge on any atom is 0.271 e. The normalized spacial score (nSPS) is 19.7. The molecule has 1 aliphatic heterocycles. The SMILES string of the molecule is Cc1nn(C)cc1Nc1nc(N2CCC[C@@H](NC(=O)c3ccccc3C3CC3)[C@H]2C)cnc1C(N)=O. The Hall–Kier alpha value is -3.95. The molecule has 0 bridgehead atoms. The van der Waals surface area contributed by atoms with Crippen molar-refractivity contribution in [2.75, 3.05) is 16.8 Å². The predicted octanol–water partition coefficient (Wildman–Crippen LogP) is 3.03. The van der Waals surface area contributed by atoms with Gasteiger partial charge in [-0.15, -0.1) is 0 Å². The molecule has 0 radical (unpaired) electrons. The topological polar surface area (TPSA) is 131 Å². The fourth-order valence-corrected chi connectivity index (χ4v) is 5.00. The number of nitrogens with one attached hydrogen (secondary N) is 2. The van der Waals surface area contributed by atoms with E-state index in [2.05, 4.69) is 38.6 Å². The Bertz CT molecular complexity index is 1300. The summed E-state index contributed by atoms with van der Waals surface area (Å²) in [5, 5.41) is 10.8. The van der Waals surface area contributed by atoms with Gasteiger partial charge in [0.1, 0.15) is 5.82 Å². The van der Waals surface area contributed by atoms with Crippen molar-refractivity contribution < 1.29 is 9.59 Å². The highest BCUT2D eigenvalue weighted by Crippen LogP contribution is 2.41. The van der Waals surface area contributed by atoms with Crippen LogP contribution in [0, 0.1) is 6.92 Å². The summed E-state index contributed by atoms with van der Waals surface area (Å²) in [6.07, 6.45) is 7.44. The van der Waals surface area contributed by atoms with Gasteiger partial charge in [-0.2, -0.15) is 5.10 Å². The Labute approximate surface area is 210 Å². The number of aryl methyl sites for hydroxylation is 2. The second kappa shape index (κ2) is 9.60. The lowest BCUT2D eigenvalue weighted by Gasteiger charge is -2.40. The molecule has 2 aliphatic rings. The van der Waals surface area contributed by atoms with Crippen LogP contribution >= 0.6 is 0 Å². The molecule has 1 saturated heterocycles. The number of nitrogens with zero attached hydrogens (tertiary/aromatic N) is 5. The highest BCUT2D eigenvalue weighted by atomic mass is 16.2. The quantitative estimate of drug-likeness (QED) is 0.466. The van der Waals surface area contributed by atoms with E-state index in [0.717, 1.165) is 54.7 Å². The molecule has 3 heterocycles. The molecule has 2 amide bonds. The summed E-state index contributed by atoms with van der Waals surface area (Å²) < 4.78 is 1.68. The van der Waals surface area contributed by atoms with Crippen molar-refractivity contribution >= 4 is 29.1 Å². The van der Waals surface area contributed by atoms with Crippen molar-refractivity contribution in [3.63, 3.8) is 0 Å². The number of primary amides is 1. The van der Waals surface area contributed by atoms with Crippen LogP contribution in [0.1, 0.15) is 70.6 Å². The summed E-state index contributed by atoms with van der Waals surface area (Å²) in [7, 11) is 1.82. The van der Waals surface area contributed by atoms with E-state index in [4.69, 9.17) is 10.7 Å². The number of benzene rings is 1. The van der Waals surface area contributed by atoms with Crippen molar-refractivity contribution in [2.24, 2.45) is 12.8 Å². The molecule has 5 rings (SSSR count). The van der Waals surface area contributed by atoms with Crippen molar-refractivity contribution in [2.45, 2.75) is 57.5 Å². The van der Waals surface area contributed by atoms with Gasteiger partial charge in [0.2, 0.25) is 0 Å². The zero-order valence-corrected chi connectivity index (χ0v) is 20.9. The third-order valence-electron chi connectivity index (χ3n) is 7.08. The Morgan fingerprint density at radius 1 is 1.17 bits per heavy atom. The smallest absolute Gasteiger partial charge is 0.271 e. The maximum absolute atomic E-state index is 13.2. The number of amides is 2. The lowest BCUT2D eigenvalue weighted by molar-refractivity contribution is 0.0922. The molecule has 2 fully saturated rings. The summed E-state index contributed by atoms with van der Waals surface area (Å²) in [4.78, 5) is 36.5. The van der Waals surface area contributed by atoms with Crippen molar-refractivity contribution in [3.8, 4) is 0 Å².